The van der Waals surface area contributed by atoms with Crippen molar-refractivity contribution in [2.45, 2.75) is 65.1 Å². The van der Waals surface area contributed by atoms with Crippen molar-refractivity contribution in [2.24, 2.45) is 0 Å². The van der Waals surface area contributed by atoms with Crippen molar-refractivity contribution in [1.82, 2.24) is 9.80 Å². The minimum Gasteiger partial charge on any atom is -0.493 e. The lowest BCUT2D eigenvalue weighted by molar-refractivity contribution is 0.0608. The zero-order chi connectivity index (χ0) is 22.8. The molecule has 0 unspecified atom stereocenters. The average molecular weight is 435 g/mol. The molecule has 0 spiro atoms. The van der Waals surface area contributed by atoms with E-state index in [0.717, 1.165) is 31.2 Å². The molecule has 2 aliphatic rings. The number of ether oxygens (including phenoxy) is 1. The molecule has 32 heavy (non-hydrogen) atoms. The molecule has 1 aliphatic carbocycles. The summed E-state index contributed by atoms with van der Waals surface area (Å²) in [6.07, 6.45) is 4.31. The number of imide groups is 1. The molecule has 0 aromatic heterocycles. The van der Waals surface area contributed by atoms with Gasteiger partial charge in [-0.15, -0.1) is 0 Å². The van der Waals surface area contributed by atoms with Crippen molar-refractivity contribution in [2.75, 3.05) is 6.61 Å². The molecule has 0 radical (unpaired) electrons. The Labute approximate surface area is 189 Å². The second-order valence-electron chi connectivity index (χ2n) is 8.75. The highest BCUT2D eigenvalue weighted by molar-refractivity contribution is 6.21. The highest BCUT2D eigenvalue weighted by Gasteiger charge is 2.36. The topological polar surface area (TPSA) is 66.9 Å². The van der Waals surface area contributed by atoms with Crippen LogP contribution in [-0.4, -0.2) is 46.2 Å². The molecule has 6 nitrogen and oxygen atoms in total. The Kier molecular flexibility index (Phi) is 6.31. The molecular weight excluding hydrogens is 404 g/mol. The third-order valence-electron chi connectivity index (χ3n) is 6.30. The highest BCUT2D eigenvalue weighted by Crippen LogP contribution is 2.31. The summed E-state index contributed by atoms with van der Waals surface area (Å²) >= 11 is 0. The van der Waals surface area contributed by atoms with Crippen LogP contribution in [0.3, 0.4) is 0 Å². The van der Waals surface area contributed by atoms with E-state index in [1.54, 1.807) is 36.4 Å². The predicted molar refractivity (Wildman–Crippen MR) is 122 cm³/mol. The summed E-state index contributed by atoms with van der Waals surface area (Å²) in [5.74, 6) is -0.129. The lowest BCUT2D eigenvalue weighted by Crippen LogP contribution is -2.43. The zero-order valence-electron chi connectivity index (χ0n) is 19.0. The highest BCUT2D eigenvalue weighted by atomic mass is 16.5. The van der Waals surface area contributed by atoms with Crippen molar-refractivity contribution in [3.05, 3.63) is 64.7 Å². The largest absolute Gasteiger partial charge is 0.493 e. The van der Waals surface area contributed by atoms with Crippen molar-refractivity contribution < 1.29 is 19.1 Å². The summed E-state index contributed by atoms with van der Waals surface area (Å²) in [5.41, 5.74) is 2.06. The number of amides is 3. The van der Waals surface area contributed by atoms with E-state index in [9.17, 15) is 14.4 Å². The van der Waals surface area contributed by atoms with Crippen LogP contribution in [0.5, 0.6) is 5.75 Å². The number of fused-ring (bicyclic) bond motifs is 1. The number of nitrogens with zero attached hydrogens (tertiary/aromatic N) is 2. The summed E-state index contributed by atoms with van der Waals surface area (Å²) in [7, 11) is 0. The molecule has 1 fully saturated rings. The van der Waals surface area contributed by atoms with Crippen molar-refractivity contribution in [1.29, 1.82) is 0 Å². The SMILES string of the molecule is CCOc1ccc(CN2C(=O)c3ccccc3C2=O)cc1C(=O)N(C(C)C)C1CCCC1. The van der Waals surface area contributed by atoms with Crippen LogP contribution in [0, 0.1) is 0 Å². The van der Waals surface area contributed by atoms with E-state index in [1.165, 1.54) is 4.90 Å². The van der Waals surface area contributed by atoms with Gasteiger partial charge in [-0.05, 0) is 63.4 Å². The van der Waals surface area contributed by atoms with Crippen LogP contribution in [0.1, 0.15) is 83.1 Å². The van der Waals surface area contributed by atoms with Crippen LogP contribution in [0.25, 0.3) is 0 Å². The Morgan fingerprint density at radius 1 is 1.06 bits per heavy atom. The van der Waals surface area contributed by atoms with Crippen LogP contribution in [0.4, 0.5) is 0 Å². The lowest BCUT2D eigenvalue weighted by Gasteiger charge is -2.33. The second kappa shape index (κ2) is 9.15. The Morgan fingerprint density at radius 3 is 2.25 bits per heavy atom. The normalized spacial score (nSPS) is 16.1. The fourth-order valence-corrected chi connectivity index (χ4v) is 4.83. The molecule has 3 amide bonds. The Bertz CT molecular complexity index is 1000. The van der Waals surface area contributed by atoms with Gasteiger partial charge < -0.3 is 9.64 Å². The van der Waals surface area contributed by atoms with Gasteiger partial charge in [-0.25, -0.2) is 0 Å². The third kappa shape index (κ3) is 4.01. The van der Waals surface area contributed by atoms with E-state index in [1.807, 2.05) is 31.7 Å². The molecule has 0 N–H and O–H groups in total. The summed E-state index contributed by atoms with van der Waals surface area (Å²) in [6.45, 7) is 6.53. The molecule has 1 aliphatic heterocycles. The number of carbonyl (C=O) groups is 3. The molecule has 6 heteroatoms. The van der Waals surface area contributed by atoms with Crippen LogP contribution in [-0.2, 0) is 6.54 Å². The number of benzene rings is 2. The van der Waals surface area contributed by atoms with Crippen molar-refractivity contribution >= 4 is 17.7 Å². The number of hydrogen-bond acceptors (Lipinski definition) is 4. The van der Waals surface area contributed by atoms with Gasteiger partial charge in [-0.3, -0.25) is 19.3 Å². The van der Waals surface area contributed by atoms with E-state index < -0.39 is 0 Å². The quantitative estimate of drug-likeness (QED) is 0.594. The summed E-state index contributed by atoms with van der Waals surface area (Å²) < 4.78 is 5.77. The van der Waals surface area contributed by atoms with E-state index in [2.05, 4.69) is 0 Å². The maximum Gasteiger partial charge on any atom is 0.261 e. The maximum absolute atomic E-state index is 13.7. The molecular formula is C26H30N2O4. The van der Waals surface area contributed by atoms with E-state index in [4.69, 9.17) is 4.74 Å². The van der Waals surface area contributed by atoms with Crippen LogP contribution in [0.2, 0.25) is 0 Å². The minimum atomic E-state index is -0.304. The Balaban J connectivity index is 1.64. The smallest absolute Gasteiger partial charge is 0.261 e. The maximum atomic E-state index is 13.7. The minimum absolute atomic E-state index is 0.0560. The van der Waals surface area contributed by atoms with Gasteiger partial charge in [0.05, 0.1) is 29.8 Å². The molecule has 2 aromatic rings. The van der Waals surface area contributed by atoms with Crippen molar-refractivity contribution in [3.63, 3.8) is 0 Å². The Hall–Kier alpha value is -3.15. The zero-order valence-corrected chi connectivity index (χ0v) is 19.0. The fourth-order valence-electron chi connectivity index (χ4n) is 4.83. The summed E-state index contributed by atoms with van der Waals surface area (Å²) in [5, 5.41) is 0. The van der Waals surface area contributed by atoms with Gasteiger partial charge >= 0.3 is 0 Å². The molecule has 2 aromatic carbocycles. The molecule has 0 saturated heterocycles. The van der Waals surface area contributed by atoms with E-state index in [-0.39, 0.29) is 36.3 Å². The van der Waals surface area contributed by atoms with E-state index >= 15 is 0 Å². The molecule has 0 bridgehead atoms. The molecule has 1 heterocycles. The van der Waals surface area contributed by atoms with Gasteiger partial charge in [0.2, 0.25) is 0 Å². The molecule has 168 valence electrons. The van der Waals surface area contributed by atoms with E-state index in [0.29, 0.717) is 29.0 Å². The fraction of sp³-hybridized carbons (Fsp3) is 0.423. The summed E-state index contributed by atoms with van der Waals surface area (Å²) in [4.78, 5) is 42.4. The molecule has 4 rings (SSSR count). The predicted octanol–water partition coefficient (Wildman–Crippen LogP) is 4.67. The first kappa shape index (κ1) is 22.1. The van der Waals surface area contributed by atoms with Crippen LogP contribution < -0.4 is 4.74 Å². The number of hydrogen-bond donors (Lipinski definition) is 0. The van der Waals surface area contributed by atoms with Crippen molar-refractivity contribution in [3.8, 4) is 5.75 Å². The first-order chi connectivity index (χ1) is 15.4. The number of carbonyl (C=O) groups excluding carboxylic acids is 3. The summed E-state index contributed by atoms with van der Waals surface area (Å²) in [6, 6.07) is 12.5. The van der Waals surface area contributed by atoms with Gasteiger partial charge in [-0.1, -0.05) is 31.0 Å². The van der Waals surface area contributed by atoms with Gasteiger partial charge in [0.1, 0.15) is 5.75 Å². The van der Waals surface area contributed by atoms with Gasteiger partial charge in [-0.2, -0.15) is 0 Å². The number of rotatable bonds is 7. The second-order valence-corrected chi connectivity index (χ2v) is 8.75. The first-order valence-electron chi connectivity index (χ1n) is 11.5. The van der Waals surface area contributed by atoms with Gasteiger partial charge in [0.15, 0.2) is 0 Å². The lowest BCUT2D eigenvalue weighted by atomic mass is 10.0. The third-order valence-corrected chi connectivity index (χ3v) is 6.30. The van der Waals surface area contributed by atoms with Gasteiger partial charge in [0.25, 0.3) is 17.7 Å². The monoisotopic (exact) mass is 434 g/mol. The first-order valence-corrected chi connectivity index (χ1v) is 11.5. The van der Waals surface area contributed by atoms with Crippen LogP contribution >= 0.6 is 0 Å². The molecule has 1 saturated carbocycles. The Morgan fingerprint density at radius 2 is 1.69 bits per heavy atom. The van der Waals surface area contributed by atoms with Crippen LogP contribution in [0.15, 0.2) is 42.5 Å². The van der Waals surface area contributed by atoms with Gasteiger partial charge in [0, 0.05) is 12.1 Å². The standard InChI is InChI=1S/C26H30N2O4/c1-4-32-23-14-13-18(16-27-24(29)20-11-7-8-12-21(20)25(27)30)15-22(23)26(31)28(17(2)3)19-9-5-6-10-19/h7-8,11-15,17,19H,4-6,9-10,16H2,1-3H3. The average Bonchev–Trinajstić information content (AvgIpc) is 3.38. The molecule has 0 atom stereocenters.